The van der Waals surface area contributed by atoms with Gasteiger partial charge in [-0.3, -0.25) is 4.90 Å². The molecule has 1 saturated heterocycles. The first kappa shape index (κ1) is 15.0. The molecule has 1 N–H and O–H groups in total. The number of aryl methyl sites for hydroxylation is 1. The lowest BCUT2D eigenvalue weighted by molar-refractivity contribution is 0.0378. The van der Waals surface area contributed by atoms with E-state index in [1.54, 1.807) is 0 Å². The van der Waals surface area contributed by atoms with Crippen LogP contribution in [0.15, 0.2) is 0 Å². The van der Waals surface area contributed by atoms with Crippen LogP contribution in [0.1, 0.15) is 30.5 Å². The van der Waals surface area contributed by atoms with Crippen molar-refractivity contribution in [2.75, 3.05) is 44.7 Å². The first-order valence-electron chi connectivity index (χ1n) is 7.92. The third-order valence-corrected chi connectivity index (χ3v) is 4.37. The van der Waals surface area contributed by atoms with E-state index in [0.717, 1.165) is 70.2 Å². The normalized spacial score (nSPS) is 19.3. The molecule has 0 amide bonds. The molecule has 6 heteroatoms. The van der Waals surface area contributed by atoms with E-state index in [4.69, 9.17) is 16.3 Å². The molecule has 116 valence electrons. The van der Waals surface area contributed by atoms with Crippen LogP contribution in [0.5, 0.6) is 0 Å². The number of anilines is 1. The highest BCUT2D eigenvalue weighted by atomic mass is 35.5. The van der Waals surface area contributed by atoms with Crippen LogP contribution in [0, 0.1) is 0 Å². The fraction of sp³-hybridized carbons (Fsp3) is 0.733. The molecule has 0 radical (unpaired) electrons. The molecule has 0 unspecified atom stereocenters. The molecular weight excluding hydrogens is 288 g/mol. The second-order valence-electron chi connectivity index (χ2n) is 5.71. The van der Waals surface area contributed by atoms with Crippen LogP contribution in [0.25, 0.3) is 0 Å². The number of nitrogens with zero attached hydrogens (tertiary/aromatic N) is 3. The van der Waals surface area contributed by atoms with Crippen molar-refractivity contribution in [1.82, 2.24) is 14.9 Å². The van der Waals surface area contributed by atoms with Crippen molar-refractivity contribution < 1.29 is 4.74 Å². The van der Waals surface area contributed by atoms with E-state index in [0.29, 0.717) is 5.28 Å². The number of ether oxygens (including phenoxy) is 1. The molecule has 0 saturated carbocycles. The van der Waals surface area contributed by atoms with Gasteiger partial charge in [0.15, 0.2) is 0 Å². The van der Waals surface area contributed by atoms with E-state index in [2.05, 4.69) is 20.2 Å². The maximum absolute atomic E-state index is 6.03. The van der Waals surface area contributed by atoms with Gasteiger partial charge < -0.3 is 10.1 Å². The Morgan fingerprint density at radius 3 is 2.81 bits per heavy atom. The monoisotopic (exact) mass is 310 g/mol. The largest absolute Gasteiger partial charge is 0.379 e. The average molecular weight is 311 g/mol. The van der Waals surface area contributed by atoms with Crippen LogP contribution in [0.4, 0.5) is 5.82 Å². The number of hydrogen-bond donors (Lipinski definition) is 1. The van der Waals surface area contributed by atoms with Crippen molar-refractivity contribution in [1.29, 1.82) is 0 Å². The Morgan fingerprint density at radius 1 is 1.14 bits per heavy atom. The Bertz CT molecular complexity index is 477. The van der Waals surface area contributed by atoms with Gasteiger partial charge in [0.1, 0.15) is 5.82 Å². The average Bonchev–Trinajstić information content (AvgIpc) is 2.52. The van der Waals surface area contributed by atoms with Gasteiger partial charge in [-0.1, -0.05) is 0 Å². The Balaban J connectivity index is 1.51. The summed E-state index contributed by atoms with van der Waals surface area (Å²) in [5, 5.41) is 3.83. The Kier molecular flexibility index (Phi) is 5.27. The molecule has 5 nitrogen and oxygen atoms in total. The van der Waals surface area contributed by atoms with Gasteiger partial charge in [-0.15, -0.1) is 0 Å². The van der Waals surface area contributed by atoms with Gasteiger partial charge in [-0.05, 0) is 50.2 Å². The highest BCUT2D eigenvalue weighted by molar-refractivity contribution is 6.28. The second-order valence-corrected chi connectivity index (χ2v) is 6.05. The molecule has 1 aromatic rings. The molecule has 0 spiro atoms. The number of aromatic nitrogens is 2. The number of rotatable bonds is 5. The zero-order chi connectivity index (χ0) is 14.5. The van der Waals surface area contributed by atoms with E-state index in [9.17, 15) is 0 Å². The van der Waals surface area contributed by atoms with Crippen molar-refractivity contribution in [3.63, 3.8) is 0 Å². The first-order valence-corrected chi connectivity index (χ1v) is 8.30. The molecule has 2 heterocycles. The molecule has 2 aliphatic rings. The van der Waals surface area contributed by atoms with E-state index in [1.165, 1.54) is 18.4 Å². The van der Waals surface area contributed by atoms with Crippen molar-refractivity contribution >= 4 is 17.4 Å². The standard InChI is InChI=1S/C15H23ClN4O/c16-15-18-13-5-2-1-4-12(13)14(19-15)17-6-3-7-20-8-10-21-11-9-20/h1-11H2,(H,17,18,19). The van der Waals surface area contributed by atoms with Gasteiger partial charge in [0.2, 0.25) is 5.28 Å². The van der Waals surface area contributed by atoms with Crippen LogP contribution in [0.2, 0.25) is 5.28 Å². The summed E-state index contributed by atoms with van der Waals surface area (Å²) >= 11 is 6.03. The molecule has 0 atom stereocenters. The number of morpholine rings is 1. The van der Waals surface area contributed by atoms with Gasteiger partial charge in [0.25, 0.3) is 0 Å². The van der Waals surface area contributed by atoms with E-state index < -0.39 is 0 Å². The summed E-state index contributed by atoms with van der Waals surface area (Å²) in [6.45, 7) is 5.86. The number of fused-ring (bicyclic) bond motifs is 1. The third kappa shape index (κ3) is 4.05. The van der Waals surface area contributed by atoms with Crippen molar-refractivity contribution in [2.45, 2.75) is 32.1 Å². The van der Waals surface area contributed by atoms with Crippen LogP contribution in [-0.4, -0.2) is 54.3 Å². The summed E-state index contributed by atoms with van der Waals surface area (Å²) < 4.78 is 5.36. The summed E-state index contributed by atoms with van der Waals surface area (Å²) in [7, 11) is 0. The zero-order valence-corrected chi connectivity index (χ0v) is 13.2. The van der Waals surface area contributed by atoms with Crippen molar-refractivity contribution in [3.8, 4) is 0 Å². The topological polar surface area (TPSA) is 50.3 Å². The van der Waals surface area contributed by atoms with Gasteiger partial charge in [-0.2, -0.15) is 0 Å². The van der Waals surface area contributed by atoms with Gasteiger partial charge in [0, 0.05) is 25.2 Å². The van der Waals surface area contributed by atoms with E-state index in [1.807, 2.05) is 0 Å². The number of hydrogen-bond acceptors (Lipinski definition) is 5. The van der Waals surface area contributed by atoms with Crippen LogP contribution >= 0.6 is 11.6 Å². The van der Waals surface area contributed by atoms with Crippen molar-refractivity contribution in [3.05, 3.63) is 16.5 Å². The molecule has 1 fully saturated rings. The summed E-state index contributed by atoms with van der Waals surface area (Å²) in [6.07, 6.45) is 5.63. The third-order valence-electron chi connectivity index (χ3n) is 4.20. The highest BCUT2D eigenvalue weighted by Crippen LogP contribution is 2.26. The zero-order valence-electron chi connectivity index (χ0n) is 12.4. The van der Waals surface area contributed by atoms with E-state index >= 15 is 0 Å². The summed E-state index contributed by atoms with van der Waals surface area (Å²) in [6, 6.07) is 0. The van der Waals surface area contributed by atoms with E-state index in [-0.39, 0.29) is 0 Å². The van der Waals surface area contributed by atoms with Crippen molar-refractivity contribution in [2.24, 2.45) is 0 Å². The molecule has 21 heavy (non-hydrogen) atoms. The highest BCUT2D eigenvalue weighted by Gasteiger charge is 2.17. The Labute approximate surface area is 131 Å². The van der Waals surface area contributed by atoms with Gasteiger partial charge in [-0.25, -0.2) is 9.97 Å². The molecular formula is C15H23ClN4O. The fourth-order valence-electron chi connectivity index (χ4n) is 3.04. The van der Waals surface area contributed by atoms with Gasteiger partial charge in [0.05, 0.1) is 18.9 Å². The lowest BCUT2D eigenvalue weighted by Crippen LogP contribution is -2.37. The fourth-order valence-corrected chi connectivity index (χ4v) is 3.23. The summed E-state index contributed by atoms with van der Waals surface area (Å²) in [5.41, 5.74) is 2.41. The molecule has 1 aliphatic carbocycles. The minimum absolute atomic E-state index is 0.367. The minimum atomic E-state index is 0.367. The minimum Gasteiger partial charge on any atom is -0.379 e. The Morgan fingerprint density at radius 2 is 1.95 bits per heavy atom. The number of halogens is 1. The smallest absolute Gasteiger partial charge is 0.224 e. The predicted octanol–water partition coefficient (Wildman–Crippen LogP) is 2.14. The maximum Gasteiger partial charge on any atom is 0.224 e. The first-order chi connectivity index (χ1) is 10.3. The number of nitrogens with one attached hydrogen (secondary N) is 1. The molecule has 0 aromatic carbocycles. The molecule has 3 rings (SSSR count). The Hall–Kier alpha value is -0.910. The molecule has 0 bridgehead atoms. The van der Waals surface area contributed by atoms with Crippen LogP contribution in [0.3, 0.4) is 0 Å². The lowest BCUT2D eigenvalue weighted by atomic mass is 9.96. The van der Waals surface area contributed by atoms with Crippen LogP contribution < -0.4 is 5.32 Å². The van der Waals surface area contributed by atoms with Gasteiger partial charge >= 0.3 is 0 Å². The predicted molar refractivity (Wildman–Crippen MR) is 84.0 cm³/mol. The summed E-state index contributed by atoms with van der Waals surface area (Å²) in [4.78, 5) is 11.2. The quantitative estimate of drug-likeness (QED) is 0.667. The molecule has 1 aliphatic heterocycles. The summed E-state index contributed by atoms with van der Waals surface area (Å²) in [5.74, 6) is 0.951. The maximum atomic E-state index is 6.03. The second kappa shape index (κ2) is 7.38. The lowest BCUT2D eigenvalue weighted by Gasteiger charge is -2.26. The SMILES string of the molecule is Clc1nc2c(c(NCCCN3CCOCC3)n1)CCCC2. The molecule has 1 aromatic heterocycles. The van der Waals surface area contributed by atoms with Crippen LogP contribution in [-0.2, 0) is 17.6 Å².